The molecule has 154 valence electrons. The van der Waals surface area contributed by atoms with Gasteiger partial charge < -0.3 is 15.4 Å². The molecule has 26 heavy (non-hydrogen) atoms. The van der Waals surface area contributed by atoms with E-state index in [-0.39, 0.29) is 23.3 Å². The van der Waals surface area contributed by atoms with Crippen LogP contribution in [0.1, 0.15) is 53.9 Å². The second-order valence-corrected chi connectivity index (χ2v) is 10.0. The Morgan fingerprint density at radius 3 is 2.35 bits per heavy atom. The predicted molar refractivity (Wildman–Crippen MR) is 108 cm³/mol. The van der Waals surface area contributed by atoms with Crippen molar-refractivity contribution >= 4 is 16.0 Å². The smallest absolute Gasteiger partial charge is 0.214 e. The summed E-state index contributed by atoms with van der Waals surface area (Å²) in [5, 5.41) is 6.73. The minimum absolute atomic E-state index is 0.0224. The maximum Gasteiger partial charge on any atom is 0.214 e. The van der Waals surface area contributed by atoms with Gasteiger partial charge in [0.25, 0.3) is 0 Å². The number of methoxy groups -OCH3 is 1. The van der Waals surface area contributed by atoms with E-state index in [2.05, 4.69) is 36.4 Å². The zero-order chi connectivity index (χ0) is 19.8. The average molecular weight is 391 g/mol. The summed E-state index contributed by atoms with van der Waals surface area (Å²) in [5.74, 6) is 1.01. The summed E-state index contributed by atoms with van der Waals surface area (Å²) >= 11 is 0. The van der Waals surface area contributed by atoms with Crippen LogP contribution in [0, 0.1) is 5.41 Å². The normalized spacial score (nSPS) is 19.4. The van der Waals surface area contributed by atoms with Crippen molar-refractivity contribution in [2.24, 2.45) is 10.4 Å². The first-order valence-electron chi connectivity index (χ1n) is 9.69. The Hall–Kier alpha value is -0.860. The molecular weight excluding hydrogens is 352 g/mol. The summed E-state index contributed by atoms with van der Waals surface area (Å²) in [4.78, 5) is 4.68. The van der Waals surface area contributed by atoms with Crippen molar-refractivity contribution in [2.45, 2.75) is 66.0 Å². The van der Waals surface area contributed by atoms with Gasteiger partial charge in [-0.05, 0) is 31.6 Å². The van der Waals surface area contributed by atoms with E-state index in [1.54, 1.807) is 11.4 Å². The molecule has 8 heteroatoms. The molecule has 0 aromatic rings. The molecule has 1 aliphatic heterocycles. The Kier molecular flexibility index (Phi) is 9.33. The molecule has 1 heterocycles. The predicted octanol–water partition coefficient (Wildman–Crippen LogP) is 1.81. The lowest BCUT2D eigenvalue weighted by molar-refractivity contribution is 0.0241. The number of nitrogens with zero attached hydrogens (tertiary/aromatic N) is 2. The zero-order valence-electron chi connectivity index (χ0n) is 17.3. The number of sulfonamides is 1. The van der Waals surface area contributed by atoms with E-state index in [0.29, 0.717) is 26.1 Å². The van der Waals surface area contributed by atoms with Crippen LogP contribution in [0.15, 0.2) is 4.99 Å². The monoisotopic (exact) mass is 390 g/mol. The van der Waals surface area contributed by atoms with E-state index in [0.717, 1.165) is 25.3 Å². The summed E-state index contributed by atoms with van der Waals surface area (Å²) in [6.07, 6.45) is 2.28. The van der Waals surface area contributed by atoms with Crippen LogP contribution in [-0.2, 0) is 14.8 Å². The van der Waals surface area contributed by atoms with Crippen molar-refractivity contribution in [3.63, 3.8) is 0 Å². The van der Waals surface area contributed by atoms with Gasteiger partial charge in [-0.25, -0.2) is 12.7 Å². The average Bonchev–Trinajstić information content (AvgIpc) is 2.54. The first-order chi connectivity index (χ1) is 12.1. The van der Waals surface area contributed by atoms with Gasteiger partial charge in [0, 0.05) is 32.8 Å². The number of hydrogen-bond acceptors (Lipinski definition) is 4. The number of aliphatic imine (C=N–C) groups is 1. The van der Waals surface area contributed by atoms with Gasteiger partial charge in [-0.2, -0.15) is 0 Å². The second-order valence-electron chi connectivity index (χ2n) is 7.94. The number of hydrogen-bond donors (Lipinski definition) is 2. The molecule has 1 rings (SSSR count). The van der Waals surface area contributed by atoms with Crippen molar-refractivity contribution in [1.82, 2.24) is 14.9 Å². The highest BCUT2D eigenvalue weighted by Crippen LogP contribution is 2.22. The Morgan fingerprint density at radius 2 is 1.88 bits per heavy atom. The van der Waals surface area contributed by atoms with E-state index in [1.807, 2.05) is 13.8 Å². The fourth-order valence-electron chi connectivity index (χ4n) is 3.05. The lowest BCUT2D eigenvalue weighted by Crippen LogP contribution is -2.50. The van der Waals surface area contributed by atoms with Gasteiger partial charge in [0.05, 0.1) is 18.4 Å². The van der Waals surface area contributed by atoms with Gasteiger partial charge in [0.2, 0.25) is 10.0 Å². The van der Waals surface area contributed by atoms with Crippen LogP contribution in [-0.4, -0.2) is 69.9 Å². The summed E-state index contributed by atoms with van der Waals surface area (Å²) in [5.41, 5.74) is 0.0224. The van der Waals surface area contributed by atoms with Gasteiger partial charge in [0.15, 0.2) is 5.96 Å². The first-order valence-corrected chi connectivity index (χ1v) is 11.3. The third kappa shape index (κ3) is 7.40. The van der Waals surface area contributed by atoms with Crippen molar-refractivity contribution in [3.05, 3.63) is 0 Å². The quantitative estimate of drug-likeness (QED) is 0.488. The van der Waals surface area contributed by atoms with Gasteiger partial charge >= 0.3 is 0 Å². The Balaban J connectivity index is 2.62. The zero-order valence-corrected chi connectivity index (χ0v) is 18.2. The van der Waals surface area contributed by atoms with E-state index < -0.39 is 10.0 Å². The Labute approximate surface area is 160 Å². The number of guanidine groups is 1. The topological polar surface area (TPSA) is 83.0 Å². The maximum absolute atomic E-state index is 12.2. The molecule has 0 aliphatic carbocycles. The molecule has 0 spiro atoms. The largest absolute Gasteiger partial charge is 0.379 e. The van der Waals surface area contributed by atoms with Gasteiger partial charge in [-0.3, -0.25) is 4.99 Å². The van der Waals surface area contributed by atoms with Crippen molar-refractivity contribution in [1.29, 1.82) is 0 Å². The molecule has 0 amide bonds. The molecule has 1 aliphatic rings. The molecular formula is C18H38N4O3S. The summed E-state index contributed by atoms with van der Waals surface area (Å²) in [6.45, 7) is 12.9. The lowest BCUT2D eigenvalue weighted by Gasteiger charge is -2.32. The minimum atomic E-state index is -3.09. The summed E-state index contributed by atoms with van der Waals surface area (Å²) in [7, 11) is -1.37. The van der Waals surface area contributed by atoms with E-state index in [9.17, 15) is 8.42 Å². The van der Waals surface area contributed by atoms with Gasteiger partial charge in [-0.1, -0.05) is 27.7 Å². The van der Waals surface area contributed by atoms with Crippen molar-refractivity contribution in [2.75, 3.05) is 39.0 Å². The molecule has 2 N–H and O–H groups in total. The molecule has 7 nitrogen and oxygen atoms in total. The molecule has 0 aromatic heterocycles. The molecule has 0 aromatic carbocycles. The standard InChI is InChI=1S/C18H38N4O3S/c1-7-13-26(23,24)22-11-9-15(10-12-22)21-17(19-8-2)20-14-16(25-6)18(3,4)5/h15-16H,7-14H2,1-6H3,(H2,19,20,21). The lowest BCUT2D eigenvalue weighted by atomic mass is 9.89. The van der Waals surface area contributed by atoms with Crippen LogP contribution in [0.3, 0.4) is 0 Å². The highest BCUT2D eigenvalue weighted by Gasteiger charge is 2.28. The van der Waals surface area contributed by atoms with Crippen LogP contribution < -0.4 is 10.6 Å². The van der Waals surface area contributed by atoms with Crippen molar-refractivity contribution in [3.8, 4) is 0 Å². The van der Waals surface area contributed by atoms with Crippen LogP contribution in [0.4, 0.5) is 0 Å². The molecule has 1 unspecified atom stereocenters. The molecule has 0 bridgehead atoms. The third-order valence-electron chi connectivity index (χ3n) is 4.66. The number of piperidine rings is 1. The van der Waals surface area contributed by atoms with Crippen LogP contribution in [0.5, 0.6) is 0 Å². The molecule has 0 radical (unpaired) electrons. The van der Waals surface area contributed by atoms with Crippen molar-refractivity contribution < 1.29 is 13.2 Å². The van der Waals surface area contributed by atoms with E-state index in [1.165, 1.54) is 0 Å². The number of nitrogens with one attached hydrogen (secondary N) is 2. The van der Waals surface area contributed by atoms with Crippen LogP contribution in [0.2, 0.25) is 0 Å². The molecule has 1 atom stereocenters. The highest BCUT2D eigenvalue weighted by molar-refractivity contribution is 7.89. The highest BCUT2D eigenvalue weighted by atomic mass is 32.2. The van der Waals surface area contributed by atoms with Crippen LogP contribution in [0.25, 0.3) is 0 Å². The molecule has 1 saturated heterocycles. The fraction of sp³-hybridized carbons (Fsp3) is 0.944. The Bertz CT molecular complexity index is 535. The van der Waals surface area contributed by atoms with Gasteiger partial charge in [-0.15, -0.1) is 0 Å². The SMILES string of the molecule is CCCS(=O)(=O)N1CCC(NC(=NCC(OC)C(C)(C)C)NCC)CC1. The number of ether oxygens (including phenoxy) is 1. The van der Waals surface area contributed by atoms with Gasteiger partial charge in [0.1, 0.15) is 0 Å². The summed E-state index contributed by atoms with van der Waals surface area (Å²) in [6, 6.07) is 0.233. The summed E-state index contributed by atoms with van der Waals surface area (Å²) < 4.78 is 31.6. The maximum atomic E-state index is 12.2. The van der Waals surface area contributed by atoms with E-state index >= 15 is 0 Å². The first kappa shape index (κ1) is 23.2. The fourth-order valence-corrected chi connectivity index (χ4v) is 4.60. The number of rotatable bonds is 8. The molecule has 1 fully saturated rings. The Morgan fingerprint density at radius 1 is 1.27 bits per heavy atom. The molecule has 0 saturated carbocycles. The van der Waals surface area contributed by atoms with Crippen LogP contribution >= 0.6 is 0 Å². The second kappa shape index (κ2) is 10.5. The van der Waals surface area contributed by atoms with E-state index in [4.69, 9.17) is 4.74 Å². The third-order valence-corrected chi connectivity index (χ3v) is 6.74. The minimum Gasteiger partial charge on any atom is -0.379 e.